The van der Waals surface area contributed by atoms with Gasteiger partial charge in [0.1, 0.15) is 0 Å². The van der Waals surface area contributed by atoms with Crippen LogP contribution in [0.4, 0.5) is 0 Å². The molecule has 2 rings (SSSR count). The Balaban J connectivity index is 2.16. The lowest BCUT2D eigenvalue weighted by Crippen LogP contribution is -2.35. The van der Waals surface area contributed by atoms with Gasteiger partial charge in [0.15, 0.2) is 0 Å². The monoisotopic (exact) mass is 226 g/mol. The molecule has 2 aliphatic rings. The van der Waals surface area contributed by atoms with Crippen LogP contribution in [0.15, 0.2) is 0 Å². The van der Waals surface area contributed by atoms with E-state index in [1.54, 1.807) is 0 Å². The first kappa shape index (κ1) is 12.4. The Bertz CT molecular complexity index is 270. The van der Waals surface area contributed by atoms with E-state index >= 15 is 0 Å². The molecule has 94 valence electrons. The van der Waals surface area contributed by atoms with Crippen LogP contribution in [0.2, 0.25) is 0 Å². The molecule has 2 heteroatoms. The van der Waals surface area contributed by atoms with Crippen molar-refractivity contribution in [3.05, 3.63) is 0 Å². The summed E-state index contributed by atoms with van der Waals surface area (Å²) in [7, 11) is 0. The second kappa shape index (κ2) is 3.71. The molecule has 1 N–H and O–H groups in total. The van der Waals surface area contributed by atoms with Crippen molar-refractivity contribution >= 4 is 0 Å². The maximum Gasteiger partial charge on any atom is 0.0665 e. The van der Waals surface area contributed by atoms with E-state index in [4.69, 9.17) is 4.74 Å². The molecule has 4 unspecified atom stereocenters. The second-order valence-electron chi connectivity index (χ2n) is 6.94. The Kier molecular flexibility index (Phi) is 2.87. The summed E-state index contributed by atoms with van der Waals surface area (Å²) in [6.07, 6.45) is 3.17. The smallest absolute Gasteiger partial charge is 0.0665 e. The number of aliphatic hydroxyl groups is 1. The molecular formula is C14H26O2. The SMILES string of the molecule is CC1C(O)CCC1C1CC(C)(C)OC1(C)C. The van der Waals surface area contributed by atoms with Gasteiger partial charge in [0.2, 0.25) is 0 Å². The summed E-state index contributed by atoms with van der Waals surface area (Å²) >= 11 is 0. The highest BCUT2D eigenvalue weighted by Crippen LogP contribution is 2.51. The van der Waals surface area contributed by atoms with Crippen molar-refractivity contribution in [2.45, 2.75) is 71.2 Å². The van der Waals surface area contributed by atoms with Crippen LogP contribution in [0.1, 0.15) is 53.9 Å². The van der Waals surface area contributed by atoms with Gasteiger partial charge in [-0.25, -0.2) is 0 Å². The maximum atomic E-state index is 9.89. The van der Waals surface area contributed by atoms with Crippen LogP contribution in [0, 0.1) is 17.8 Å². The lowest BCUT2D eigenvalue weighted by atomic mass is 9.73. The van der Waals surface area contributed by atoms with Gasteiger partial charge < -0.3 is 9.84 Å². The summed E-state index contributed by atoms with van der Waals surface area (Å²) in [5, 5.41) is 9.89. The average molecular weight is 226 g/mol. The van der Waals surface area contributed by atoms with Crippen molar-refractivity contribution in [1.29, 1.82) is 0 Å². The van der Waals surface area contributed by atoms with Gasteiger partial charge in [0.25, 0.3) is 0 Å². The van der Waals surface area contributed by atoms with Crippen molar-refractivity contribution in [3.8, 4) is 0 Å². The third-order valence-corrected chi connectivity index (χ3v) is 4.74. The molecule has 0 amide bonds. The Morgan fingerprint density at radius 1 is 1.12 bits per heavy atom. The highest BCUT2D eigenvalue weighted by atomic mass is 16.5. The number of rotatable bonds is 1. The van der Waals surface area contributed by atoms with E-state index in [1.807, 2.05) is 0 Å². The van der Waals surface area contributed by atoms with Crippen LogP contribution in [0.3, 0.4) is 0 Å². The zero-order valence-corrected chi connectivity index (χ0v) is 11.3. The summed E-state index contributed by atoms with van der Waals surface area (Å²) in [6.45, 7) is 11.0. The lowest BCUT2D eigenvalue weighted by molar-refractivity contribution is -0.0823. The molecule has 0 aromatic heterocycles. The van der Waals surface area contributed by atoms with Gasteiger partial charge in [-0.15, -0.1) is 0 Å². The first-order valence-electron chi connectivity index (χ1n) is 6.61. The van der Waals surface area contributed by atoms with E-state index in [0.29, 0.717) is 17.8 Å². The Morgan fingerprint density at radius 3 is 2.12 bits per heavy atom. The topological polar surface area (TPSA) is 29.5 Å². The molecular weight excluding hydrogens is 200 g/mol. The summed E-state index contributed by atoms with van der Waals surface area (Å²) < 4.78 is 6.16. The van der Waals surface area contributed by atoms with E-state index in [-0.39, 0.29) is 17.3 Å². The molecule has 0 bridgehead atoms. The molecule has 4 atom stereocenters. The van der Waals surface area contributed by atoms with Gasteiger partial charge in [-0.05, 0) is 64.7 Å². The highest BCUT2D eigenvalue weighted by molar-refractivity contribution is 5.00. The molecule has 2 nitrogen and oxygen atoms in total. The summed E-state index contributed by atoms with van der Waals surface area (Å²) in [6, 6.07) is 0. The normalized spacial score (nSPS) is 46.1. The van der Waals surface area contributed by atoms with Gasteiger partial charge in [-0.2, -0.15) is 0 Å². The predicted octanol–water partition coefficient (Wildman–Crippen LogP) is 2.99. The van der Waals surface area contributed by atoms with Gasteiger partial charge >= 0.3 is 0 Å². The fourth-order valence-electron chi connectivity index (χ4n) is 4.01. The van der Waals surface area contributed by atoms with E-state index in [0.717, 1.165) is 19.3 Å². The number of hydrogen-bond acceptors (Lipinski definition) is 2. The zero-order chi connectivity index (χ0) is 12.1. The average Bonchev–Trinajstić information content (AvgIpc) is 2.52. The van der Waals surface area contributed by atoms with E-state index < -0.39 is 0 Å². The molecule has 1 saturated heterocycles. The van der Waals surface area contributed by atoms with Crippen molar-refractivity contribution < 1.29 is 9.84 Å². The number of hydrogen-bond donors (Lipinski definition) is 1. The zero-order valence-electron chi connectivity index (χ0n) is 11.3. The van der Waals surface area contributed by atoms with E-state index in [9.17, 15) is 5.11 Å². The van der Waals surface area contributed by atoms with Crippen LogP contribution < -0.4 is 0 Å². The molecule has 1 aliphatic heterocycles. The molecule has 1 heterocycles. The quantitative estimate of drug-likeness (QED) is 0.745. The molecule has 2 fully saturated rings. The molecule has 0 aromatic rings. The molecule has 1 saturated carbocycles. The minimum Gasteiger partial charge on any atom is -0.393 e. The van der Waals surface area contributed by atoms with Crippen molar-refractivity contribution in [3.63, 3.8) is 0 Å². The lowest BCUT2D eigenvalue weighted by Gasteiger charge is -2.33. The van der Waals surface area contributed by atoms with Crippen LogP contribution in [0.25, 0.3) is 0 Å². The predicted molar refractivity (Wildman–Crippen MR) is 65.2 cm³/mol. The fraction of sp³-hybridized carbons (Fsp3) is 1.00. The van der Waals surface area contributed by atoms with Crippen molar-refractivity contribution in [2.24, 2.45) is 17.8 Å². The Morgan fingerprint density at radius 2 is 1.75 bits per heavy atom. The molecule has 1 aliphatic carbocycles. The third-order valence-electron chi connectivity index (χ3n) is 4.74. The van der Waals surface area contributed by atoms with Gasteiger partial charge in [-0.1, -0.05) is 6.92 Å². The van der Waals surface area contributed by atoms with Crippen molar-refractivity contribution in [1.82, 2.24) is 0 Å². The maximum absolute atomic E-state index is 9.89. The van der Waals surface area contributed by atoms with E-state index in [2.05, 4.69) is 34.6 Å². The van der Waals surface area contributed by atoms with Crippen molar-refractivity contribution in [2.75, 3.05) is 0 Å². The minimum absolute atomic E-state index is 0.00142. The first-order valence-corrected chi connectivity index (χ1v) is 6.61. The highest BCUT2D eigenvalue weighted by Gasteiger charge is 2.51. The molecule has 16 heavy (non-hydrogen) atoms. The van der Waals surface area contributed by atoms with E-state index in [1.165, 1.54) is 0 Å². The van der Waals surface area contributed by atoms with Crippen LogP contribution >= 0.6 is 0 Å². The third kappa shape index (κ3) is 2.02. The van der Waals surface area contributed by atoms with Gasteiger partial charge in [0, 0.05) is 0 Å². The summed E-state index contributed by atoms with van der Waals surface area (Å²) in [5.41, 5.74) is -0.0338. The van der Waals surface area contributed by atoms with Gasteiger partial charge in [-0.3, -0.25) is 0 Å². The van der Waals surface area contributed by atoms with Crippen LogP contribution in [-0.4, -0.2) is 22.4 Å². The standard InChI is InChI=1S/C14H26O2/c1-9-10(6-7-12(9)15)11-8-13(2,3)16-14(11,4)5/h9-12,15H,6-8H2,1-5H3. The molecule has 0 spiro atoms. The molecule has 0 radical (unpaired) electrons. The largest absolute Gasteiger partial charge is 0.393 e. The van der Waals surface area contributed by atoms with Crippen LogP contribution in [0.5, 0.6) is 0 Å². The number of aliphatic hydroxyl groups excluding tert-OH is 1. The fourth-order valence-corrected chi connectivity index (χ4v) is 4.01. The summed E-state index contributed by atoms with van der Waals surface area (Å²) in [4.78, 5) is 0. The minimum atomic E-state index is -0.0930. The summed E-state index contributed by atoms with van der Waals surface area (Å²) in [5.74, 6) is 1.66. The van der Waals surface area contributed by atoms with Crippen LogP contribution in [-0.2, 0) is 4.74 Å². The first-order chi connectivity index (χ1) is 7.23. The molecule has 0 aromatic carbocycles. The second-order valence-corrected chi connectivity index (χ2v) is 6.94. The Hall–Kier alpha value is -0.0800. The number of ether oxygens (including phenoxy) is 1. The van der Waals surface area contributed by atoms with Gasteiger partial charge in [0.05, 0.1) is 17.3 Å². The Labute approximate surface area is 99.4 Å².